The van der Waals surface area contributed by atoms with Crippen molar-refractivity contribution >= 4 is 10.9 Å². The summed E-state index contributed by atoms with van der Waals surface area (Å²) >= 11 is 0. The maximum absolute atomic E-state index is 12.0. The van der Waals surface area contributed by atoms with Crippen molar-refractivity contribution in [2.45, 2.75) is 39.3 Å². The maximum Gasteiger partial charge on any atom is 0.522 e. The SMILES string of the molecule is CC(C)NCc1cccc2ccn(CCOC(F)(F)F)c12. The van der Waals surface area contributed by atoms with Crippen LogP contribution in [0.4, 0.5) is 13.2 Å². The summed E-state index contributed by atoms with van der Waals surface area (Å²) in [6, 6.07) is 8.14. The van der Waals surface area contributed by atoms with E-state index in [1.165, 1.54) is 0 Å². The third-order valence-corrected chi connectivity index (χ3v) is 3.17. The molecule has 0 bridgehead atoms. The number of nitrogens with one attached hydrogen (secondary N) is 1. The van der Waals surface area contributed by atoms with Crippen LogP contribution in [-0.2, 0) is 17.8 Å². The Bertz CT molecular complexity index is 590. The number of hydrogen-bond acceptors (Lipinski definition) is 2. The van der Waals surface area contributed by atoms with Gasteiger partial charge in [0.2, 0.25) is 0 Å². The quantitative estimate of drug-likeness (QED) is 0.881. The van der Waals surface area contributed by atoms with Crippen molar-refractivity contribution in [3.8, 4) is 0 Å². The average molecular weight is 300 g/mol. The normalized spacial score (nSPS) is 12.5. The van der Waals surface area contributed by atoms with Crippen LogP contribution >= 0.6 is 0 Å². The van der Waals surface area contributed by atoms with Crippen LogP contribution in [0, 0.1) is 0 Å². The lowest BCUT2D eigenvalue weighted by atomic mass is 10.1. The number of hydrogen-bond donors (Lipinski definition) is 1. The van der Waals surface area contributed by atoms with Crippen LogP contribution in [0.15, 0.2) is 30.5 Å². The standard InChI is InChI=1S/C15H19F3N2O/c1-11(2)19-10-13-5-3-4-12-6-7-20(14(12)13)8-9-21-15(16,17)18/h3-7,11,19H,8-10H2,1-2H3. The van der Waals surface area contributed by atoms with Gasteiger partial charge in [-0.15, -0.1) is 13.2 Å². The second-order valence-corrected chi connectivity index (χ2v) is 5.19. The molecule has 0 aliphatic heterocycles. The van der Waals surface area contributed by atoms with E-state index in [4.69, 9.17) is 0 Å². The third-order valence-electron chi connectivity index (χ3n) is 3.17. The van der Waals surface area contributed by atoms with Crippen LogP contribution in [0.2, 0.25) is 0 Å². The molecule has 6 heteroatoms. The summed E-state index contributed by atoms with van der Waals surface area (Å²) in [5, 5.41) is 4.35. The van der Waals surface area contributed by atoms with Crippen molar-refractivity contribution < 1.29 is 17.9 Å². The van der Waals surface area contributed by atoms with Gasteiger partial charge in [0.15, 0.2) is 0 Å². The van der Waals surface area contributed by atoms with Crippen LogP contribution in [0.1, 0.15) is 19.4 Å². The Morgan fingerprint density at radius 2 is 2.00 bits per heavy atom. The lowest BCUT2D eigenvalue weighted by Crippen LogP contribution is -2.22. The van der Waals surface area contributed by atoms with E-state index in [1.54, 1.807) is 10.8 Å². The number of ether oxygens (including phenoxy) is 1. The van der Waals surface area contributed by atoms with Gasteiger partial charge in [-0.2, -0.15) is 0 Å². The summed E-state index contributed by atoms with van der Waals surface area (Å²) in [6.07, 6.45) is -2.78. The number of aromatic nitrogens is 1. The van der Waals surface area contributed by atoms with Crippen molar-refractivity contribution in [2.24, 2.45) is 0 Å². The molecule has 0 spiro atoms. The number of alkyl halides is 3. The Kier molecular flexibility index (Phi) is 4.90. The van der Waals surface area contributed by atoms with E-state index < -0.39 is 6.36 Å². The first-order valence-electron chi connectivity index (χ1n) is 6.87. The first kappa shape index (κ1) is 15.9. The molecule has 0 saturated carbocycles. The molecule has 0 aliphatic carbocycles. The minimum absolute atomic E-state index is 0.168. The summed E-state index contributed by atoms with van der Waals surface area (Å²) in [5.41, 5.74) is 2.02. The van der Waals surface area contributed by atoms with E-state index in [0.29, 0.717) is 12.6 Å². The molecular weight excluding hydrogens is 281 g/mol. The summed E-state index contributed by atoms with van der Waals surface area (Å²) in [6.45, 7) is 4.56. The average Bonchev–Trinajstić information content (AvgIpc) is 2.79. The lowest BCUT2D eigenvalue weighted by Gasteiger charge is -2.13. The minimum atomic E-state index is -4.58. The molecule has 0 unspecified atom stereocenters. The van der Waals surface area contributed by atoms with Gasteiger partial charge in [0.05, 0.1) is 12.1 Å². The second-order valence-electron chi connectivity index (χ2n) is 5.19. The smallest absolute Gasteiger partial charge is 0.345 e. The predicted molar refractivity (Wildman–Crippen MR) is 75.9 cm³/mol. The van der Waals surface area contributed by atoms with Gasteiger partial charge in [0.25, 0.3) is 0 Å². The lowest BCUT2D eigenvalue weighted by molar-refractivity contribution is -0.325. The number of halogens is 3. The van der Waals surface area contributed by atoms with E-state index in [1.807, 2.05) is 24.3 Å². The van der Waals surface area contributed by atoms with Crippen molar-refractivity contribution in [2.75, 3.05) is 6.61 Å². The highest BCUT2D eigenvalue weighted by Crippen LogP contribution is 2.21. The van der Waals surface area contributed by atoms with Gasteiger partial charge < -0.3 is 9.88 Å². The van der Waals surface area contributed by atoms with Gasteiger partial charge in [-0.05, 0) is 17.0 Å². The molecule has 2 rings (SSSR count). The molecule has 1 aromatic carbocycles. The molecule has 3 nitrogen and oxygen atoms in total. The fraction of sp³-hybridized carbons (Fsp3) is 0.467. The van der Waals surface area contributed by atoms with Crippen molar-refractivity contribution in [1.29, 1.82) is 0 Å². The van der Waals surface area contributed by atoms with E-state index in [0.717, 1.165) is 16.5 Å². The number of rotatable bonds is 6. The zero-order chi connectivity index (χ0) is 15.5. The van der Waals surface area contributed by atoms with Crippen molar-refractivity contribution in [3.05, 3.63) is 36.0 Å². The zero-order valence-corrected chi connectivity index (χ0v) is 12.1. The van der Waals surface area contributed by atoms with E-state index >= 15 is 0 Å². The van der Waals surface area contributed by atoms with Crippen molar-refractivity contribution in [3.63, 3.8) is 0 Å². The largest absolute Gasteiger partial charge is 0.522 e. The van der Waals surface area contributed by atoms with Gasteiger partial charge in [0.1, 0.15) is 0 Å². The molecule has 21 heavy (non-hydrogen) atoms. The summed E-state index contributed by atoms with van der Waals surface area (Å²) in [7, 11) is 0. The third kappa shape index (κ3) is 4.47. The summed E-state index contributed by atoms with van der Waals surface area (Å²) < 4.78 is 41.8. The second kappa shape index (κ2) is 6.49. The van der Waals surface area contributed by atoms with E-state index in [-0.39, 0.29) is 13.2 Å². The molecule has 1 N–H and O–H groups in total. The number of benzene rings is 1. The monoisotopic (exact) mass is 300 g/mol. The Hall–Kier alpha value is -1.53. The topological polar surface area (TPSA) is 26.2 Å². The molecule has 2 aromatic rings. The highest BCUT2D eigenvalue weighted by Gasteiger charge is 2.28. The number of para-hydroxylation sites is 1. The first-order chi connectivity index (χ1) is 9.87. The maximum atomic E-state index is 12.0. The fourth-order valence-electron chi connectivity index (χ4n) is 2.24. The first-order valence-corrected chi connectivity index (χ1v) is 6.87. The number of fused-ring (bicyclic) bond motifs is 1. The molecule has 0 fully saturated rings. The van der Waals surface area contributed by atoms with Crippen LogP contribution in [0.25, 0.3) is 10.9 Å². The van der Waals surface area contributed by atoms with Crippen LogP contribution in [-0.4, -0.2) is 23.6 Å². The summed E-state index contributed by atoms with van der Waals surface area (Å²) in [5.74, 6) is 0. The van der Waals surface area contributed by atoms with Crippen LogP contribution < -0.4 is 5.32 Å². The van der Waals surface area contributed by atoms with Gasteiger partial charge in [-0.1, -0.05) is 32.0 Å². The highest BCUT2D eigenvalue weighted by molar-refractivity contribution is 5.83. The Labute approximate surface area is 121 Å². The molecule has 0 atom stereocenters. The Morgan fingerprint density at radius 3 is 2.67 bits per heavy atom. The highest BCUT2D eigenvalue weighted by atomic mass is 19.4. The predicted octanol–water partition coefficient (Wildman–Crippen LogP) is 3.68. The molecule has 116 valence electrons. The minimum Gasteiger partial charge on any atom is -0.345 e. The van der Waals surface area contributed by atoms with E-state index in [2.05, 4.69) is 23.9 Å². The molecule has 0 aliphatic rings. The molecule has 1 aromatic heterocycles. The number of nitrogens with zero attached hydrogens (tertiary/aromatic N) is 1. The van der Waals surface area contributed by atoms with Crippen LogP contribution in [0.3, 0.4) is 0 Å². The molecular formula is C15H19F3N2O. The van der Waals surface area contributed by atoms with Gasteiger partial charge >= 0.3 is 6.36 Å². The zero-order valence-electron chi connectivity index (χ0n) is 12.1. The van der Waals surface area contributed by atoms with E-state index in [9.17, 15) is 13.2 Å². The van der Waals surface area contributed by atoms with Crippen LogP contribution in [0.5, 0.6) is 0 Å². The molecule has 0 saturated heterocycles. The summed E-state index contributed by atoms with van der Waals surface area (Å²) in [4.78, 5) is 0. The van der Waals surface area contributed by atoms with Crippen molar-refractivity contribution in [1.82, 2.24) is 9.88 Å². The van der Waals surface area contributed by atoms with Gasteiger partial charge in [0, 0.05) is 25.3 Å². The Morgan fingerprint density at radius 1 is 1.24 bits per heavy atom. The van der Waals surface area contributed by atoms with Gasteiger partial charge in [-0.3, -0.25) is 4.74 Å². The molecule has 0 amide bonds. The fourth-order valence-corrected chi connectivity index (χ4v) is 2.24. The molecule has 0 radical (unpaired) electrons. The Balaban J connectivity index is 2.16. The van der Waals surface area contributed by atoms with Gasteiger partial charge in [-0.25, -0.2) is 0 Å². The molecule has 1 heterocycles.